The van der Waals surface area contributed by atoms with Crippen LogP contribution in [-0.4, -0.2) is 22.4 Å². The predicted octanol–water partition coefficient (Wildman–Crippen LogP) is 3.22. The van der Waals surface area contributed by atoms with E-state index in [1.165, 1.54) is 0 Å². The van der Waals surface area contributed by atoms with Crippen LogP contribution in [0.4, 0.5) is 0 Å². The van der Waals surface area contributed by atoms with Gasteiger partial charge in [-0.2, -0.15) is 5.10 Å². The summed E-state index contributed by atoms with van der Waals surface area (Å²) in [7, 11) is 0. The molecule has 104 valence electrons. The van der Waals surface area contributed by atoms with Crippen molar-refractivity contribution in [3.63, 3.8) is 0 Å². The molecule has 0 bridgehead atoms. The van der Waals surface area contributed by atoms with Crippen LogP contribution in [0.5, 0.6) is 0 Å². The minimum Gasteiger partial charge on any atom is -0.458 e. The Morgan fingerprint density at radius 3 is 2.65 bits per heavy atom. The van der Waals surface area contributed by atoms with E-state index in [2.05, 4.69) is 5.10 Å². The van der Waals surface area contributed by atoms with Crippen LogP contribution in [0.15, 0.2) is 42.5 Å². The van der Waals surface area contributed by atoms with Crippen LogP contribution >= 0.6 is 0 Å². The molecular formula is C16H18N2O2. The molecule has 4 heteroatoms. The highest BCUT2D eigenvalue weighted by atomic mass is 16.5. The van der Waals surface area contributed by atoms with Gasteiger partial charge in [-0.3, -0.25) is 0 Å². The van der Waals surface area contributed by atoms with Crippen molar-refractivity contribution in [2.75, 3.05) is 6.61 Å². The van der Waals surface area contributed by atoms with Gasteiger partial charge in [0.05, 0.1) is 17.1 Å². The normalized spacial score (nSPS) is 10.9. The van der Waals surface area contributed by atoms with Crippen molar-refractivity contribution in [1.82, 2.24) is 9.78 Å². The molecule has 1 heterocycles. The highest BCUT2D eigenvalue weighted by Gasteiger charge is 2.20. The van der Waals surface area contributed by atoms with Gasteiger partial charge in [-0.05, 0) is 32.9 Å². The van der Waals surface area contributed by atoms with Crippen LogP contribution in [0.2, 0.25) is 0 Å². The molecule has 4 nitrogen and oxygen atoms in total. The number of allylic oxidation sites excluding steroid dienone is 1. The van der Waals surface area contributed by atoms with Gasteiger partial charge in [-0.15, -0.1) is 0 Å². The van der Waals surface area contributed by atoms with Crippen molar-refractivity contribution in [2.45, 2.75) is 20.8 Å². The Bertz CT molecular complexity index is 627. The molecule has 1 aromatic heterocycles. The van der Waals surface area contributed by atoms with Crippen molar-refractivity contribution in [3.8, 4) is 5.69 Å². The molecule has 0 unspecified atom stereocenters. The second-order valence-electron chi connectivity index (χ2n) is 4.46. The number of hydrogen-bond donors (Lipinski definition) is 0. The van der Waals surface area contributed by atoms with Gasteiger partial charge in [-0.25, -0.2) is 9.48 Å². The van der Waals surface area contributed by atoms with E-state index in [9.17, 15) is 4.79 Å². The Hall–Kier alpha value is -2.36. The number of para-hydroxylation sites is 1. The fourth-order valence-electron chi connectivity index (χ4n) is 2.05. The van der Waals surface area contributed by atoms with E-state index >= 15 is 0 Å². The minimum absolute atomic E-state index is 0.282. The Morgan fingerprint density at radius 1 is 1.30 bits per heavy atom. The maximum atomic E-state index is 12.1. The number of aromatic nitrogens is 2. The molecule has 0 radical (unpaired) electrons. The fourth-order valence-corrected chi connectivity index (χ4v) is 2.05. The van der Waals surface area contributed by atoms with Crippen LogP contribution in [0.1, 0.15) is 28.7 Å². The van der Waals surface area contributed by atoms with Crippen molar-refractivity contribution < 1.29 is 9.53 Å². The van der Waals surface area contributed by atoms with Crippen LogP contribution in [-0.2, 0) is 4.74 Å². The zero-order valence-electron chi connectivity index (χ0n) is 12.0. The molecule has 0 aliphatic heterocycles. The number of aryl methyl sites for hydroxylation is 1. The average molecular weight is 270 g/mol. The lowest BCUT2D eigenvalue weighted by molar-refractivity contribution is 0.0547. The summed E-state index contributed by atoms with van der Waals surface area (Å²) in [6, 6.07) is 9.73. The van der Waals surface area contributed by atoms with Gasteiger partial charge in [0.25, 0.3) is 0 Å². The van der Waals surface area contributed by atoms with E-state index in [1.54, 1.807) is 10.8 Å². The molecule has 0 aliphatic carbocycles. The number of rotatable bonds is 4. The van der Waals surface area contributed by atoms with Crippen LogP contribution in [0.25, 0.3) is 5.69 Å². The molecule has 2 rings (SSSR count). The summed E-state index contributed by atoms with van der Waals surface area (Å²) in [5, 5.41) is 4.43. The maximum absolute atomic E-state index is 12.1. The molecule has 0 spiro atoms. The van der Waals surface area contributed by atoms with Crippen molar-refractivity contribution in [2.24, 2.45) is 0 Å². The Balaban J connectivity index is 2.32. The second-order valence-corrected chi connectivity index (χ2v) is 4.46. The van der Waals surface area contributed by atoms with E-state index in [0.29, 0.717) is 11.3 Å². The lowest BCUT2D eigenvalue weighted by Gasteiger charge is -2.05. The molecule has 0 saturated heterocycles. The standard InChI is InChI=1S/C16H18N2O2/c1-4-5-11-20-16(19)15-12(2)17-18(13(15)3)14-9-7-6-8-10-14/h4-10H,11H2,1-3H3/b5-4+. The molecule has 20 heavy (non-hydrogen) atoms. The number of carbonyl (C=O) groups excluding carboxylic acids is 1. The van der Waals surface area contributed by atoms with E-state index in [-0.39, 0.29) is 12.6 Å². The van der Waals surface area contributed by atoms with Crippen LogP contribution in [0.3, 0.4) is 0 Å². The van der Waals surface area contributed by atoms with Gasteiger partial charge < -0.3 is 4.74 Å². The van der Waals surface area contributed by atoms with E-state index in [0.717, 1.165) is 11.4 Å². The first kappa shape index (κ1) is 14.1. The van der Waals surface area contributed by atoms with Gasteiger partial charge in [0.1, 0.15) is 12.2 Å². The largest absolute Gasteiger partial charge is 0.458 e. The number of ether oxygens (including phenoxy) is 1. The average Bonchev–Trinajstić information content (AvgIpc) is 2.75. The number of benzene rings is 1. The number of nitrogens with zero attached hydrogens (tertiary/aromatic N) is 2. The number of carbonyl (C=O) groups is 1. The van der Waals surface area contributed by atoms with Gasteiger partial charge in [-0.1, -0.05) is 30.4 Å². The van der Waals surface area contributed by atoms with Gasteiger partial charge in [0, 0.05) is 0 Å². The van der Waals surface area contributed by atoms with Crippen molar-refractivity contribution in [1.29, 1.82) is 0 Å². The second kappa shape index (κ2) is 6.19. The Kier molecular flexibility index (Phi) is 4.35. The summed E-state index contributed by atoms with van der Waals surface area (Å²) in [5.74, 6) is -0.333. The molecule has 0 N–H and O–H groups in total. The van der Waals surface area contributed by atoms with Crippen molar-refractivity contribution >= 4 is 5.97 Å². The molecule has 0 saturated carbocycles. The number of esters is 1. The van der Waals surface area contributed by atoms with Gasteiger partial charge in [0.15, 0.2) is 0 Å². The highest BCUT2D eigenvalue weighted by Crippen LogP contribution is 2.18. The molecule has 0 fully saturated rings. The summed E-state index contributed by atoms with van der Waals surface area (Å²) >= 11 is 0. The first-order valence-electron chi connectivity index (χ1n) is 6.55. The van der Waals surface area contributed by atoms with E-state index < -0.39 is 0 Å². The first-order valence-corrected chi connectivity index (χ1v) is 6.55. The third-order valence-corrected chi connectivity index (χ3v) is 3.04. The molecule has 2 aromatic rings. The molecular weight excluding hydrogens is 252 g/mol. The summed E-state index contributed by atoms with van der Waals surface area (Å²) in [5.41, 5.74) is 2.94. The summed E-state index contributed by atoms with van der Waals surface area (Å²) < 4.78 is 6.97. The monoisotopic (exact) mass is 270 g/mol. The molecule has 0 aliphatic rings. The minimum atomic E-state index is -0.333. The van der Waals surface area contributed by atoms with E-state index in [4.69, 9.17) is 4.74 Å². The lowest BCUT2D eigenvalue weighted by Crippen LogP contribution is -2.08. The maximum Gasteiger partial charge on any atom is 0.342 e. The predicted molar refractivity (Wildman–Crippen MR) is 78.1 cm³/mol. The van der Waals surface area contributed by atoms with E-state index in [1.807, 2.05) is 57.2 Å². The molecule has 0 amide bonds. The highest BCUT2D eigenvalue weighted by molar-refractivity contribution is 5.92. The molecule has 1 aromatic carbocycles. The van der Waals surface area contributed by atoms with Gasteiger partial charge in [0.2, 0.25) is 0 Å². The lowest BCUT2D eigenvalue weighted by atomic mass is 10.2. The Labute approximate surface area is 118 Å². The topological polar surface area (TPSA) is 44.1 Å². The first-order chi connectivity index (χ1) is 9.65. The third-order valence-electron chi connectivity index (χ3n) is 3.04. The smallest absolute Gasteiger partial charge is 0.342 e. The van der Waals surface area contributed by atoms with Crippen LogP contribution in [0, 0.1) is 13.8 Å². The fraction of sp³-hybridized carbons (Fsp3) is 0.250. The third kappa shape index (κ3) is 2.79. The molecule has 0 atom stereocenters. The summed E-state index contributed by atoms with van der Waals surface area (Å²) in [4.78, 5) is 12.1. The van der Waals surface area contributed by atoms with Crippen molar-refractivity contribution in [3.05, 3.63) is 59.4 Å². The zero-order chi connectivity index (χ0) is 14.5. The Morgan fingerprint density at radius 2 is 2.00 bits per heavy atom. The SMILES string of the molecule is C/C=C/COC(=O)c1c(C)nn(-c2ccccc2)c1C. The van der Waals surface area contributed by atoms with Gasteiger partial charge >= 0.3 is 5.97 Å². The quantitative estimate of drug-likeness (QED) is 0.633. The number of hydrogen-bond acceptors (Lipinski definition) is 3. The summed E-state index contributed by atoms with van der Waals surface area (Å²) in [6.45, 7) is 5.86. The summed E-state index contributed by atoms with van der Waals surface area (Å²) in [6.07, 6.45) is 3.64. The van der Waals surface area contributed by atoms with Crippen LogP contribution < -0.4 is 0 Å². The zero-order valence-corrected chi connectivity index (χ0v) is 12.0.